The topological polar surface area (TPSA) is 54.7 Å². The van der Waals surface area contributed by atoms with E-state index in [4.69, 9.17) is 21.4 Å². The molecule has 1 aliphatic heterocycles. The van der Waals surface area contributed by atoms with Crippen molar-refractivity contribution in [1.82, 2.24) is 5.32 Å². The Bertz CT molecular complexity index is 757. The first-order valence-corrected chi connectivity index (χ1v) is 8.25. The maximum absolute atomic E-state index is 13.3. The van der Waals surface area contributed by atoms with Crippen molar-refractivity contribution in [2.24, 2.45) is 5.92 Å². The summed E-state index contributed by atoms with van der Waals surface area (Å²) in [5, 5.41) is 3.59. The molecule has 24 heavy (non-hydrogen) atoms. The Hall–Kier alpha value is -2.34. The van der Waals surface area contributed by atoms with Gasteiger partial charge in [-0.1, -0.05) is 32.0 Å². The van der Waals surface area contributed by atoms with E-state index in [1.165, 1.54) is 12.0 Å². The van der Waals surface area contributed by atoms with Crippen molar-refractivity contribution in [3.8, 4) is 5.95 Å². The van der Waals surface area contributed by atoms with Crippen LogP contribution >= 0.6 is 12.2 Å². The van der Waals surface area contributed by atoms with Crippen LogP contribution < -0.4 is 15.0 Å². The zero-order chi connectivity index (χ0) is 17.3. The van der Waals surface area contributed by atoms with E-state index in [1.807, 2.05) is 30.3 Å². The van der Waals surface area contributed by atoms with Crippen LogP contribution in [0.5, 0.6) is 5.95 Å². The van der Waals surface area contributed by atoms with Crippen LogP contribution in [0.25, 0.3) is 0 Å². The number of para-hydroxylation sites is 1. The molecule has 0 aliphatic carbocycles. The summed E-state index contributed by atoms with van der Waals surface area (Å²) in [6.45, 7) is 4.12. The molecule has 1 unspecified atom stereocenters. The summed E-state index contributed by atoms with van der Waals surface area (Å²) in [5.74, 6) is 1.01. The van der Waals surface area contributed by atoms with Gasteiger partial charge in [0, 0.05) is 6.07 Å². The van der Waals surface area contributed by atoms with E-state index in [0.717, 1.165) is 5.69 Å². The molecule has 6 heteroatoms. The van der Waals surface area contributed by atoms with Crippen LogP contribution in [-0.4, -0.2) is 18.1 Å². The van der Waals surface area contributed by atoms with Gasteiger partial charge < -0.3 is 14.5 Å². The number of carbonyl (C=O) groups excluding carboxylic acids is 1. The fraction of sp³-hybridized carbons (Fsp3) is 0.333. The van der Waals surface area contributed by atoms with Crippen LogP contribution in [0.15, 0.2) is 46.9 Å². The van der Waals surface area contributed by atoms with Crippen molar-refractivity contribution < 1.29 is 13.9 Å². The maximum Gasteiger partial charge on any atom is 0.284 e. The van der Waals surface area contributed by atoms with Crippen LogP contribution in [-0.2, 0) is 10.3 Å². The SMILES string of the molecule is COc1ccc(C2(CC(C)C)NC(=S)N(c3ccccc3)C2=O)o1. The van der Waals surface area contributed by atoms with E-state index in [9.17, 15) is 4.79 Å². The lowest BCUT2D eigenvalue weighted by molar-refractivity contribution is -0.123. The zero-order valence-electron chi connectivity index (χ0n) is 13.9. The van der Waals surface area contributed by atoms with Gasteiger partial charge in [0.2, 0.25) is 0 Å². The van der Waals surface area contributed by atoms with Gasteiger partial charge in [-0.2, -0.15) is 0 Å². The van der Waals surface area contributed by atoms with Crippen LogP contribution in [0.1, 0.15) is 26.0 Å². The van der Waals surface area contributed by atoms with Gasteiger partial charge in [-0.25, -0.2) is 0 Å². The quantitative estimate of drug-likeness (QED) is 0.842. The molecule has 2 aromatic rings. The third-order valence-corrected chi connectivity index (χ3v) is 4.31. The largest absolute Gasteiger partial charge is 0.468 e. The number of methoxy groups -OCH3 is 1. The molecule has 1 aliphatic rings. The molecule has 5 nitrogen and oxygen atoms in total. The summed E-state index contributed by atoms with van der Waals surface area (Å²) in [7, 11) is 1.53. The van der Waals surface area contributed by atoms with E-state index < -0.39 is 5.54 Å². The summed E-state index contributed by atoms with van der Waals surface area (Å²) in [6, 6.07) is 12.9. The van der Waals surface area contributed by atoms with Crippen molar-refractivity contribution in [3.63, 3.8) is 0 Å². The fourth-order valence-electron chi connectivity index (χ4n) is 3.06. The van der Waals surface area contributed by atoms with Gasteiger partial charge in [0.1, 0.15) is 5.76 Å². The first kappa shape index (κ1) is 16.5. The number of nitrogens with one attached hydrogen (secondary N) is 1. The highest BCUT2D eigenvalue weighted by Gasteiger charge is 2.53. The number of nitrogens with zero attached hydrogens (tertiary/aromatic N) is 1. The Balaban J connectivity index is 2.06. The highest BCUT2D eigenvalue weighted by atomic mass is 32.1. The average Bonchev–Trinajstić information content (AvgIpc) is 3.12. The summed E-state index contributed by atoms with van der Waals surface area (Å²) in [5.41, 5.74) is -0.276. The molecule has 0 saturated carbocycles. The van der Waals surface area contributed by atoms with Crippen LogP contribution in [0.2, 0.25) is 0 Å². The smallest absolute Gasteiger partial charge is 0.284 e. The molecule has 1 aromatic heterocycles. The molecular formula is C18H20N2O3S. The summed E-state index contributed by atoms with van der Waals surface area (Å²) < 4.78 is 10.9. The van der Waals surface area contributed by atoms with Crippen LogP contribution in [0.3, 0.4) is 0 Å². The minimum absolute atomic E-state index is 0.135. The van der Waals surface area contributed by atoms with Gasteiger partial charge in [-0.05, 0) is 42.8 Å². The van der Waals surface area contributed by atoms with Crippen LogP contribution in [0, 0.1) is 5.92 Å². The number of hydrogen-bond acceptors (Lipinski definition) is 4. The molecular weight excluding hydrogens is 324 g/mol. The Morgan fingerprint density at radius 3 is 2.54 bits per heavy atom. The second kappa shape index (κ2) is 6.28. The molecule has 2 heterocycles. The van der Waals surface area contributed by atoms with E-state index in [-0.39, 0.29) is 11.8 Å². The minimum atomic E-state index is -1.02. The Morgan fingerprint density at radius 2 is 1.96 bits per heavy atom. The summed E-state index contributed by atoms with van der Waals surface area (Å²) in [6.07, 6.45) is 0.561. The predicted octanol–water partition coefficient (Wildman–Crippen LogP) is 3.45. The van der Waals surface area contributed by atoms with Crippen molar-refractivity contribution in [1.29, 1.82) is 0 Å². The molecule has 1 N–H and O–H groups in total. The first-order chi connectivity index (χ1) is 11.5. The molecule has 1 atom stereocenters. The second-order valence-corrected chi connectivity index (χ2v) is 6.62. The van der Waals surface area contributed by atoms with Crippen molar-refractivity contribution in [2.75, 3.05) is 12.0 Å². The lowest BCUT2D eigenvalue weighted by Gasteiger charge is -2.26. The number of rotatable bonds is 5. The number of thiocarbonyl (C=S) groups is 1. The van der Waals surface area contributed by atoms with E-state index in [1.54, 1.807) is 12.1 Å². The van der Waals surface area contributed by atoms with Gasteiger partial charge in [0.05, 0.1) is 12.8 Å². The van der Waals surface area contributed by atoms with Gasteiger partial charge in [0.15, 0.2) is 10.7 Å². The Morgan fingerprint density at radius 1 is 1.25 bits per heavy atom. The maximum atomic E-state index is 13.3. The number of hydrogen-bond donors (Lipinski definition) is 1. The van der Waals surface area contributed by atoms with Gasteiger partial charge in [-0.3, -0.25) is 9.69 Å². The highest BCUT2D eigenvalue weighted by molar-refractivity contribution is 7.80. The molecule has 1 aromatic carbocycles. The number of ether oxygens (including phenoxy) is 1. The molecule has 0 radical (unpaired) electrons. The fourth-order valence-corrected chi connectivity index (χ4v) is 3.43. The Labute approximate surface area is 146 Å². The molecule has 0 spiro atoms. The molecule has 1 amide bonds. The molecule has 1 saturated heterocycles. The third-order valence-electron chi connectivity index (χ3n) is 4.02. The van der Waals surface area contributed by atoms with E-state index in [0.29, 0.717) is 23.2 Å². The van der Waals surface area contributed by atoms with Crippen molar-refractivity contribution >= 4 is 28.9 Å². The molecule has 0 bridgehead atoms. The molecule has 3 rings (SSSR count). The number of amides is 1. The first-order valence-electron chi connectivity index (χ1n) is 7.84. The van der Waals surface area contributed by atoms with Gasteiger partial charge in [0.25, 0.3) is 11.9 Å². The lowest BCUT2D eigenvalue weighted by atomic mass is 9.86. The normalized spacial score (nSPS) is 20.6. The predicted molar refractivity (Wildman–Crippen MR) is 96.1 cm³/mol. The highest BCUT2D eigenvalue weighted by Crippen LogP contribution is 2.39. The van der Waals surface area contributed by atoms with Crippen molar-refractivity contribution in [3.05, 3.63) is 48.2 Å². The van der Waals surface area contributed by atoms with E-state index >= 15 is 0 Å². The van der Waals surface area contributed by atoms with E-state index in [2.05, 4.69) is 19.2 Å². The zero-order valence-corrected chi connectivity index (χ0v) is 14.7. The Kier molecular flexibility index (Phi) is 4.32. The molecule has 126 valence electrons. The monoisotopic (exact) mass is 344 g/mol. The average molecular weight is 344 g/mol. The standard InChI is InChI=1S/C18H20N2O3S/c1-12(2)11-18(14-9-10-15(22-3)23-14)16(21)20(17(24)19-18)13-7-5-4-6-8-13/h4-10,12H,11H2,1-3H3,(H,19,24). The number of anilines is 1. The van der Waals surface area contributed by atoms with Gasteiger partial charge >= 0.3 is 0 Å². The number of carbonyl (C=O) groups is 1. The summed E-state index contributed by atoms with van der Waals surface area (Å²) >= 11 is 5.46. The second-order valence-electron chi connectivity index (χ2n) is 6.23. The molecule has 1 fully saturated rings. The number of benzene rings is 1. The van der Waals surface area contributed by atoms with Crippen molar-refractivity contribution in [2.45, 2.75) is 25.8 Å². The third kappa shape index (κ3) is 2.67. The van der Waals surface area contributed by atoms with Gasteiger partial charge in [-0.15, -0.1) is 0 Å². The number of furan rings is 1. The summed E-state index contributed by atoms with van der Waals surface area (Å²) in [4.78, 5) is 14.9. The van der Waals surface area contributed by atoms with Crippen LogP contribution in [0.4, 0.5) is 5.69 Å². The minimum Gasteiger partial charge on any atom is -0.468 e. The lowest BCUT2D eigenvalue weighted by Crippen LogP contribution is -2.44.